The van der Waals surface area contributed by atoms with Crippen molar-refractivity contribution in [3.8, 4) is 0 Å². The van der Waals surface area contributed by atoms with Crippen LogP contribution in [0.5, 0.6) is 0 Å². The summed E-state index contributed by atoms with van der Waals surface area (Å²) in [4.78, 5) is 23.9. The molecule has 24 heavy (non-hydrogen) atoms. The number of halogens is 1. The minimum Gasteiger partial charge on any atom is -0.444 e. The number of nitrogens with one attached hydrogen (secondary N) is 1. The molecule has 1 fully saturated rings. The van der Waals surface area contributed by atoms with Crippen molar-refractivity contribution in [1.29, 1.82) is 0 Å². The third kappa shape index (κ3) is 7.19. The maximum absolute atomic E-state index is 11.4. The normalized spacial score (nSPS) is 16.9. The van der Waals surface area contributed by atoms with Crippen molar-refractivity contribution in [3.63, 3.8) is 0 Å². The zero-order valence-electron chi connectivity index (χ0n) is 14.5. The molecule has 1 aliphatic heterocycles. The van der Waals surface area contributed by atoms with Crippen LogP contribution in [-0.4, -0.2) is 53.8 Å². The summed E-state index contributed by atoms with van der Waals surface area (Å²) >= 11 is 5.63. The van der Waals surface area contributed by atoms with E-state index in [1.807, 2.05) is 20.8 Å². The van der Waals surface area contributed by atoms with E-state index in [2.05, 4.69) is 5.32 Å². The minimum atomic E-state index is -0.454. The van der Waals surface area contributed by atoms with Gasteiger partial charge in [-0.1, -0.05) is 11.6 Å². The molecule has 1 saturated heterocycles. The second kappa shape index (κ2) is 8.89. The van der Waals surface area contributed by atoms with Gasteiger partial charge in [-0.25, -0.2) is 4.79 Å². The van der Waals surface area contributed by atoms with Gasteiger partial charge in [-0.2, -0.15) is 0 Å². The molecule has 0 saturated carbocycles. The average molecular weight is 357 g/mol. The van der Waals surface area contributed by atoms with E-state index in [9.17, 15) is 14.7 Å². The molecular weight excluding hydrogens is 332 g/mol. The van der Waals surface area contributed by atoms with Gasteiger partial charge in [-0.3, -0.25) is 4.79 Å². The van der Waals surface area contributed by atoms with Gasteiger partial charge >= 0.3 is 6.09 Å². The van der Waals surface area contributed by atoms with Crippen LogP contribution in [-0.2, 0) is 4.74 Å². The molecule has 0 radical (unpaired) electrons. The molecule has 1 atom stereocenters. The van der Waals surface area contributed by atoms with E-state index in [4.69, 9.17) is 16.3 Å². The smallest absolute Gasteiger partial charge is 0.410 e. The number of hydrogen-bond donors (Lipinski definition) is 2. The predicted octanol–water partition coefficient (Wildman–Crippen LogP) is 2.69. The summed E-state index contributed by atoms with van der Waals surface area (Å²) in [5.74, 6) is -0.0957. The second-order valence-corrected chi connectivity index (χ2v) is 6.89. The van der Waals surface area contributed by atoms with Crippen LogP contribution in [0.3, 0.4) is 0 Å². The lowest BCUT2D eigenvalue weighted by atomic mass is 10.2. The van der Waals surface area contributed by atoms with Gasteiger partial charge < -0.3 is 20.1 Å². The summed E-state index contributed by atoms with van der Waals surface area (Å²) in [5.41, 5.74) is 0.168. The highest BCUT2D eigenvalue weighted by Gasteiger charge is 2.28. The zero-order valence-corrected chi connectivity index (χ0v) is 15.3. The minimum absolute atomic E-state index is 0.0957. The fourth-order valence-electron chi connectivity index (χ4n) is 1.98. The topological polar surface area (TPSA) is 78.9 Å². The Morgan fingerprint density at radius 2 is 1.88 bits per heavy atom. The van der Waals surface area contributed by atoms with Crippen LogP contribution in [0.2, 0.25) is 5.02 Å². The van der Waals surface area contributed by atoms with Crippen molar-refractivity contribution in [3.05, 3.63) is 34.9 Å². The van der Waals surface area contributed by atoms with Crippen LogP contribution in [0.15, 0.2) is 24.3 Å². The monoisotopic (exact) mass is 356 g/mol. The Balaban J connectivity index is 0.000000243. The maximum Gasteiger partial charge on any atom is 0.410 e. The lowest BCUT2D eigenvalue weighted by Crippen LogP contribution is -2.35. The molecule has 6 nitrogen and oxygen atoms in total. The van der Waals surface area contributed by atoms with E-state index in [0.29, 0.717) is 30.1 Å². The molecule has 0 bridgehead atoms. The highest BCUT2D eigenvalue weighted by atomic mass is 35.5. The predicted molar refractivity (Wildman–Crippen MR) is 93.3 cm³/mol. The number of rotatable bonds is 1. The number of β-amino-alcohol motifs (C(OH)–C–C–N with tert-alkyl or cyclic N) is 1. The van der Waals surface area contributed by atoms with Gasteiger partial charge in [-0.15, -0.1) is 0 Å². The van der Waals surface area contributed by atoms with Gasteiger partial charge in [0.05, 0.1) is 6.10 Å². The SMILES string of the molecule is CC(C)(C)OC(=O)N1CCC(O)C1.CNC(=O)c1ccc(Cl)cc1. The fourth-order valence-corrected chi connectivity index (χ4v) is 2.11. The molecule has 134 valence electrons. The molecule has 7 heteroatoms. The molecule has 1 aromatic rings. The molecular formula is C17H25ClN2O4. The molecule has 2 N–H and O–H groups in total. The Labute approximate surface area is 147 Å². The Bertz CT molecular complexity index is 555. The Hall–Kier alpha value is -1.79. The van der Waals surface area contributed by atoms with E-state index < -0.39 is 5.60 Å². The molecule has 1 unspecified atom stereocenters. The number of aliphatic hydroxyl groups excluding tert-OH is 1. The summed E-state index contributed by atoms with van der Waals surface area (Å²) in [6.07, 6.45) is -0.0595. The number of carbonyl (C=O) groups excluding carboxylic acids is 2. The summed E-state index contributed by atoms with van der Waals surface area (Å²) in [6.45, 7) is 6.48. The lowest BCUT2D eigenvalue weighted by molar-refractivity contribution is 0.0270. The molecule has 1 heterocycles. The molecule has 0 spiro atoms. The molecule has 2 amide bonds. The highest BCUT2D eigenvalue weighted by molar-refractivity contribution is 6.30. The van der Waals surface area contributed by atoms with Crippen molar-refractivity contribution < 1.29 is 19.4 Å². The molecule has 0 aromatic heterocycles. The lowest BCUT2D eigenvalue weighted by Gasteiger charge is -2.24. The first-order chi connectivity index (χ1) is 11.1. The highest BCUT2D eigenvalue weighted by Crippen LogP contribution is 2.14. The van der Waals surface area contributed by atoms with Crippen molar-refractivity contribution in [2.24, 2.45) is 0 Å². The van der Waals surface area contributed by atoms with E-state index in [-0.39, 0.29) is 18.1 Å². The van der Waals surface area contributed by atoms with Gasteiger partial charge in [0, 0.05) is 30.7 Å². The van der Waals surface area contributed by atoms with Crippen molar-refractivity contribution in [2.45, 2.75) is 38.9 Å². The second-order valence-electron chi connectivity index (χ2n) is 6.45. The van der Waals surface area contributed by atoms with E-state index >= 15 is 0 Å². The number of carbonyl (C=O) groups is 2. The van der Waals surface area contributed by atoms with Crippen molar-refractivity contribution in [1.82, 2.24) is 10.2 Å². The number of benzene rings is 1. The standard InChI is InChI=1S/C9H17NO3.C8H8ClNO/c1-9(2,3)13-8(12)10-5-4-7(11)6-10;1-10-8(11)6-2-4-7(9)5-3-6/h7,11H,4-6H2,1-3H3;2-5H,1H3,(H,10,11). The Morgan fingerprint density at radius 3 is 2.29 bits per heavy atom. The van der Waals surface area contributed by atoms with Crippen LogP contribution in [0.25, 0.3) is 0 Å². The fraction of sp³-hybridized carbons (Fsp3) is 0.529. The van der Waals surface area contributed by atoms with E-state index in [1.54, 1.807) is 31.3 Å². The number of ether oxygens (including phenoxy) is 1. The molecule has 2 rings (SSSR count). The van der Waals surface area contributed by atoms with Crippen molar-refractivity contribution >= 4 is 23.6 Å². The van der Waals surface area contributed by atoms with Crippen molar-refractivity contribution in [2.75, 3.05) is 20.1 Å². The summed E-state index contributed by atoms with van der Waals surface area (Å²) < 4.78 is 5.15. The Kier molecular flexibility index (Phi) is 7.51. The third-order valence-electron chi connectivity index (χ3n) is 3.15. The summed E-state index contributed by atoms with van der Waals surface area (Å²) in [7, 11) is 1.59. The van der Waals surface area contributed by atoms with Gasteiger partial charge in [0.1, 0.15) is 5.60 Å². The first kappa shape index (κ1) is 20.3. The van der Waals surface area contributed by atoms with Gasteiger partial charge in [0.25, 0.3) is 5.91 Å². The number of amides is 2. The first-order valence-corrected chi connectivity index (χ1v) is 8.14. The van der Waals surface area contributed by atoms with Crippen LogP contribution in [0, 0.1) is 0 Å². The van der Waals surface area contributed by atoms with Gasteiger partial charge in [0.2, 0.25) is 0 Å². The maximum atomic E-state index is 11.4. The van der Waals surface area contributed by atoms with E-state index in [0.717, 1.165) is 0 Å². The summed E-state index contributed by atoms with van der Waals surface area (Å²) in [5, 5.41) is 12.4. The quantitative estimate of drug-likeness (QED) is 0.810. The summed E-state index contributed by atoms with van der Waals surface area (Å²) in [6, 6.07) is 6.74. The largest absolute Gasteiger partial charge is 0.444 e. The average Bonchev–Trinajstić information content (AvgIpc) is 2.93. The number of aliphatic hydroxyl groups is 1. The van der Waals surface area contributed by atoms with Gasteiger partial charge in [-0.05, 0) is 51.5 Å². The van der Waals surface area contributed by atoms with Crippen LogP contribution in [0.1, 0.15) is 37.6 Å². The van der Waals surface area contributed by atoms with E-state index in [1.165, 1.54) is 4.90 Å². The number of likely N-dealkylation sites (tertiary alicyclic amines) is 1. The first-order valence-electron chi connectivity index (χ1n) is 7.76. The molecule has 1 aromatic carbocycles. The third-order valence-corrected chi connectivity index (χ3v) is 3.40. The molecule has 1 aliphatic rings. The number of hydrogen-bond acceptors (Lipinski definition) is 4. The molecule has 0 aliphatic carbocycles. The van der Waals surface area contributed by atoms with Crippen LogP contribution in [0.4, 0.5) is 4.79 Å². The van der Waals surface area contributed by atoms with Gasteiger partial charge in [0.15, 0.2) is 0 Å². The van der Waals surface area contributed by atoms with Crippen LogP contribution < -0.4 is 5.32 Å². The zero-order chi connectivity index (χ0) is 18.3. The number of nitrogens with zero attached hydrogens (tertiary/aromatic N) is 1. The van der Waals surface area contributed by atoms with Crippen LogP contribution >= 0.6 is 11.6 Å². The Morgan fingerprint density at radius 1 is 1.29 bits per heavy atom.